The van der Waals surface area contributed by atoms with Crippen molar-refractivity contribution in [3.63, 3.8) is 0 Å². The number of fused-ring (bicyclic) bond motifs is 1. The fourth-order valence-corrected chi connectivity index (χ4v) is 3.96. The van der Waals surface area contributed by atoms with Gasteiger partial charge in [0.2, 0.25) is 6.10 Å². The Morgan fingerprint density at radius 1 is 0.794 bits per heavy atom. The summed E-state index contributed by atoms with van der Waals surface area (Å²) in [6.07, 6.45) is -0.689. The zero-order chi connectivity index (χ0) is 23.5. The molecule has 7 nitrogen and oxygen atoms in total. The molecule has 1 saturated heterocycles. The summed E-state index contributed by atoms with van der Waals surface area (Å²) in [7, 11) is 0. The number of piperazine rings is 1. The van der Waals surface area contributed by atoms with E-state index in [1.165, 1.54) is 12.1 Å². The van der Waals surface area contributed by atoms with Crippen LogP contribution in [0, 0.1) is 5.82 Å². The molecular formula is C26H23FN2O5. The third-order valence-corrected chi connectivity index (χ3v) is 5.81. The lowest BCUT2D eigenvalue weighted by molar-refractivity contribution is -0.142. The van der Waals surface area contributed by atoms with Crippen LogP contribution in [0.25, 0.3) is 0 Å². The molecule has 0 bridgehead atoms. The molecule has 2 heterocycles. The Morgan fingerprint density at radius 3 is 2.06 bits per heavy atom. The number of carbonyl (C=O) groups is 2. The van der Waals surface area contributed by atoms with Crippen LogP contribution in [0.2, 0.25) is 0 Å². The van der Waals surface area contributed by atoms with Crippen LogP contribution in [0.5, 0.6) is 23.0 Å². The third kappa shape index (κ3) is 4.66. The summed E-state index contributed by atoms with van der Waals surface area (Å²) in [6.45, 7) is 1.89. The molecule has 1 atom stereocenters. The van der Waals surface area contributed by atoms with Crippen LogP contribution in [0.1, 0.15) is 10.4 Å². The number of rotatable bonds is 4. The minimum atomic E-state index is -0.689. The Bertz CT molecular complexity index is 1170. The fourth-order valence-electron chi connectivity index (χ4n) is 3.96. The van der Waals surface area contributed by atoms with Crippen molar-refractivity contribution in [2.45, 2.75) is 6.10 Å². The van der Waals surface area contributed by atoms with Crippen LogP contribution >= 0.6 is 0 Å². The fraction of sp³-hybridized carbons (Fsp3) is 0.231. The lowest BCUT2D eigenvalue weighted by Crippen LogP contribution is -2.55. The first-order valence-corrected chi connectivity index (χ1v) is 11.1. The topological polar surface area (TPSA) is 68.3 Å². The average Bonchev–Trinajstić information content (AvgIpc) is 2.89. The largest absolute Gasteiger partial charge is 0.485 e. The quantitative estimate of drug-likeness (QED) is 0.591. The first-order valence-electron chi connectivity index (χ1n) is 11.1. The Hall–Kier alpha value is -4.07. The van der Waals surface area contributed by atoms with Gasteiger partial charge in [0.1, 0.15) is 23.9 Å². The second-order valence-corrected chi connectivity index (χ2v) is 8.06. The highest BCUT2D eigenvalue weighted by molar-refractivity contribution is 5.94. The van der Waals surface area contributed by atoms with E-state index in [4.69, 9.17) is 14.2 Å². The third-order valence-electron chi connectivity index (χ3n) is 5.81. The monoisotopic (exact) mass is 462 g/mol. The molecule has 0 aromatic heterocycles. The van der Waals surface area contributed by atoms with Gasteiger partial charge in [0.25, 0.3) is 11.8 Å². The predicted molar refractivity (Wildman–Crippen MR) is 122 cm³/mol. The van der Waals surface area contributed by atoms with Gasteiger partial charge in [-0.25, -0.2) is 4.39 Å². The molecule has 0 radical (unpaired) electrons. The SMILES string of the molecule is O=C(c1ccc(Oc2ccc(F)cc2)cc1)N1CCN(C(=O)[C@@H]2COc3ccccc3O2)CC1. The average molecular weight is 462 g/mol. The number of benzene rings is 3. The summed E-state index contributed by atoms with van der Waals surface area (Å²) in [5, 5.41) is 0. The summed E-state index contributed by atoms with van der Waals surface area (Å²) in [6, 6.07) is 19.8. The molecular weight excluding hydrogens is 439 g/mol. The van der Waals surface area contributed by atoms with Crippen molar-refractivity contribution in [3.8, 4) is 23.0 Å². The molecule has 34 heavy (non-hydrogen) atoms. The van der Waals surface area contributed by atoms with Crippen LogP contribution in [-0.4, -0.2) is 60.5 Å². The summed E-state index contributed by atoms with van der Waals surface area (Å²) >= 11 is 0. The first-order chi connectivity index (χ1) is 16.6. The second-order valence-electron chi connectivity index (χ2n) is 8.06. The van der Waals surface area contributed by atoms with Gasteiger partial charge in [-0.05, 0) is 60.7 Å². The molecule has 0 N–H and O–H groups in total. The van der Waals surface area contributed by atoms with Crippen LogP contribution in [-0.2, 0) is 4.79 Å². The van der Waals surface area contributed by atoms with E-state index >= 15 is 0 Å². The second kappa shape index (κ2) is 9.43. The van der Waals surface area contributed by atoms with E-state index in [2.05, 4.69) is 0 Å². The Morgan fingerprint density at radius 2 is 1.38 bits per heavy atom. The van der Waals surface area contributed by atoms with E-state index in [-0.39, 0.29) is 24.2 Å². The lowest BCUT2D eigenvalue weighted by Gasteiger charge is -2.37. The van der Waals surface area contributed by atoms with Crippen LogP contribution in [0.4, 0.5) is 4.39 Å². The number of hydrogen-bond donors (Lipinski definition) is 0. The van der Waals surface area contributed by atoms with Crippen molar-refractivity contribution in [1.82, 2.24) is 9.80 Å². The van der Waals surface area contributed by atoms with Gasteiger partial charge in [0, 0.05) is 31.7 Å². The van der Waals surface area contributed by atoms with Gasteiger partial charge in [-0.3, -0.25) is 9.59 Å². The van der Waals surface area contributed by atoms with Gasteiger partial charge in [0.15, 0.2) is 11.5 Å². The molecule has 2 aliphatic rings. The maximum atomic E-state index is 13.0. The van der Waals surface area contributed by atoms with Gasteiger partial charge >= 0.3 is 0 Å². The molecule has 174 valence electrons. The molecule has 8 heteroatoms. The van der Waals surface area contributed by atoms with Crippen LogP contribution in [0.15, 0.2) is 72.8 Å². The predicted octanol–water partition coefficient (Wildman–Crippen LogP) is 3.74. The van der Waals surface area contributed by atoms with Crippen molar-refractivity contribution in [2.24, 2.45) is 0 Å². The van der Waals surface area contributed by atoms with Gasteiger partial charge < -0.3 is 24.0 Å². The van der Waals surface area contributed by atoms with Gasteiger partial charge in [-0.1, -0.05) is 12.1 Å². The van der Waals surface area contributed by atoms with Crippen molar-refractivity contribution in [1.29, 1.82) is 0 Å². The maximum Gasteiger partial charge on any atom is 0.267 e. The Labute approximate surface area is 196 Å². The molecule has 3 aromatic rings. The highest BCUT2D eigenvalue weighted by atomic mass is 19.1. The first kappa shape index (κ1) is 21.8. The standard InChI is InChI=1S/C26H23FN2O5/c27-19-7-11-21(12-8-19)33-20-9-5-18(6-10-20)25(30)28-13-15-29(16-14-28)26(31)24-17-32-22-3-1-2-4-23(22)34-24/h1-12,24H,13-17H2/t24-/m0/s1. The van der Waals surface area contributed by atoms with Crippen molar-refractivity contribution in [3.05, 3.63) is 84.2 Å². The summed E-state index contributed by atoms with van der Waals surface area (Å²) < 4.78 is 30.2. The lowest BCUT2D eigenvalue weighted by atomic mass is 10.1. The van der Waals surface area contributed by atoms with E-state index < -0.39 is 6.10 Å². The Kier molecular flexibility index (Phi) is 6.03. The van der Waals surface area contributed by atoms with E-state index in [1.807, 2.05) is 18.2 Å². The van der Waals surface area contributed by atoms with Crippen molar-refractivity contribution >= 4 is 11.8 Å². The molecule has 5 rings (SSSR count). The van der Waals surface area contributed by atoms with E-state index in [9.17, 15) is 14.0 Å². The van der Waals surface area contributed by atoms with Crippen LogP contribution < -0.4 is 14.2 Å². The number of nitrogens with zero attached hydrogens (tertiary/aromatic N) is 2. The van der Waals surface area contributed by atoms with E-state index in [0.29, 0.717) is 54.7 Å². The summed E-state index contributed by atoms with van der Waals surface area (Å²) in [5.41, 5.74) is 0.534. The van der Waals surface area contributed by atoms with Crippen LogP contribution in [0.3, 0.4) is 0 Å². The van der Waals surface area contributed by atoms with Gasteiger partial charge in [-0.15, -0.1) is 0 Å². The number of hydrogen-bond acceptors (Lipinski definition) is 5. The van der Waals surface area contributed by atoms with E-state index in [1.54, 1.807) is 52.3 Å². The summed E-state index contributed by atoms with van der Waals surface area (Å²) in [5.74, 6) is 1.69. The van der Waals surface area contributed by atoms with E-state index in [0.717, 1.165) is 0 Å². The zero-order valence-electron chi connectivity index (χ0n) is 18.4. The molecule has 0 unspecified atom stereocenters. The Balaban J connectivity index is 1.14. The zero-order valence-corrected chi connectivity index (χ0v) is 18.4. The number of ether oxygens (including phenoxy) is 3. The summed E-state index contributed by atoms with van der Waals surface area (Å²) in [4.78, 5) is 29.3. The highest BCUT2D eigenvalue weighted by Gasteiger charge is 2.33. The number of halogens is 1. The van der Waals surface area contributed by atoms with Gasteiger partial charge in [0.05, 0.1) is 0 Å². The molecule has 0 saturated carbocycles. The molecule has 0 spiro atoms. The smallest absolute Gasteiger partial charge is 0.267 e. The number of amides is 2. The molecule has 3 aromatic carbocycles. The maximum absolute atomic E-state index is 13.0. The minimum absolute atomic E-state index is 0.105. The number of carbonyl (C=O) groups excluding carboxylic acids is 2. The minimum Gasteiger partial charge on any atom is -0.485 e. The van der Waals surface area contributed by atoms with Gasteiger partial charge in [-0.2, -0.15) is 0 Å². The number of para-hydroxylation sites is 2. The molecule has 0 aliphatic carbocycles. The highest BCUT2D eigenvalue weighted by Crippen LogP contribution is 2.31. The normalized spacial score (nSPS) is 17.3. The van der Waals surface area contributed by atoms with Crippen molar-refractivity contribution < 1.29 is 28.2 Å². The molecule has 2 amide bonds. The van der Waals surface area contributed by atoms with Crippen molar-refractivity contribution in [2.75, 3.05) is 32.8 Å². The molecule has 1 fully saturated rings. The molecule has 2 aliphatic heterocycles.